The molecule has 0 bridgehead atoms. The summed E-state index contributed by atoms with van der Waals surface area (Å²) in [6.45, 7) is 1.86. The van der Waals surface area contributed by atoms with Gasteiger partial charge in [-0.3, -0.25) is 4.79 Å². The number of nitrogens with two attached hydrogens (primary N) is 1. The van der Waals surface area contributed by atoms with Crippen LogP contribution >= 0.6 is 0 Å². The van der Waals surface area contributed by atoms with Gasteiger partial charge in [0.2, 0.25) is 0 Å². The van der Waals surface area contributed by atoms with E-state index in [9.17, 15) is 4.79 Å². The zero-order valence-electron chi connectivity index (χ0n) is 9.86. The molecule has 0 aliphatic carbocycles. The molecule has 0 radical (unpaired) electrons. The Morgan fingerprint density at radius 1 is 1.65 bits per heavy atom. The third-order valence-electron chi connectivity index (χ3n) is 2.29. The molecule has 5 heteroatoms. The predicted octanol–water partition coefficient (Wildman–Crippen LogP) is 1.50. The second-order valence-corrected chi connectivity index (χ2v) is 3.74. The summed E-state index contributed by atoms with van der Waals surface area (Å²) in [5.74, 6) is -0.277. The number of hydrogen-bond acceptors (Lipinski definition) is 5. The van der Waals surface area contributed by atoms with Crippen LogP contribution in [0.4, 0.5) is 11.4 Å². The number of ether oxygens (including phenoxy) is 1. The monoisotopic (exact) mass is 233 g/mol. The average Bonchev–Trinajstić information content (AvgIpc) is 2.31. The highest BCUT2D eigenvalue weighted by molar-refractivity contribution is 5.70. The minimum Gasteiger partial charge on any atom is -0.469 e. The number of anilines is 2. The Kier molecular flexibility index (Phi) is 4.35. The number of carbonyl (C=O) groups excluding carboxylic acids is 1. The average molecular weight is 233 g/mol. The lowest BCUT2D eigenvalue weighted by Crippen LogP contribution is -2.20. The van der Waals surface area contributed by atoms with Crippen molar-refractivity contribution in [2.45, 2.75) is 19.4 Å². The fraction of sp³-hybridized carbons (Fsp3) is 0.333. The number of benzene rings is 1. The molecule has 0 aliphatic rings. The smallest absolute Gasteiger partial charge is 0.307 e. The van der Waals surface area contributed by atoms with Crippen molar-refractivity contribution in [1.82, 2.24) is 0 Å². The number of rotatable bonds is 4. The Bertz CT molecular complexity index is 452. The lowest BCUT2D eigenvalue weighted by Gasteiger charge is -2.14. The first kappa shape index (κ1) is 12.8. The molecule has 0 saturated carbocycles. The summed E-state index contributed by atoms with van der Waals surface area (Å²) >= 11 is 0. The van der Waals surface area contributed by atoms with Crippen LogP contribution in [0.25, 0.3) is 0 Å². The van der Waals surface area contributed by atoms with Gasteiger partial charge in [-0.15, -0.1) is 0 Å². The molecule has 1 rings (SSSR count). The molecular weight excluding hydrogens is 218 g/mol. The van der Waals surface area contributed by atoms with Crippen LogP contribution in [0.15, 0.2) is 18.2 Å². The highest BCUT2D eigenvalue weighted by Gasteiger charge is 2.09. The molecule has 1 unspecified atom stereocenters. The number of nitrogens with zero attached hydrogens (tertiary/aromatic N) is 1. The summed E-state index contributed by atoms with van der Waals surface area (Å²) in [5.41, 5.74) is 7.23. The van der Waals surface area contributed by atoms with Crippen molar-refractivity contribution in [1.29, 1.82) is 5.26 Å². The third-order valence-corrected chi connectivity index (χ3v) is 2.29. The van der Waals surface area contributed by atoms with Crippen molar-refractivity contribution in [3.05, 3.63) is 23.8 Å². The van der Waals surface area contributed by atoms with Gasteiger partial charge in [-0.05, 0) is 25.1 Å². The third kappa shape index (κ3) is 3.68. The molecule has 3 N–H and O–H groups in total. The molecule has 0 heterocycles. The maximum atomic E-state index is 11.1. The molecule has 90 valence electrons. The molecule has 0 fully saturated rings. The van der Waals surface area contributed by atoms with E-state index >= 15 is 0 Å². The lowest BCUT2D eigenvalue weighted by atomic mass is 10.1. The van der Waals surface area contributed by atoms with Crippen molar-refractivity contribution in [2.24, 2.45) is 0 Å². The Balaban J connectivity index is 2.69. The Hall–Kier alpha value is -2.22. The molecule has 0 saturated heterocycles. The molecule has 1 atom stereocenters. The summed E-state index contributed by atoms with van der Waals surface area (Å²) in [6, 6.07) is 7.01. The maximum absolute atomic E-state index is 11.1. The Morgan fingerprint density at radius 3 is 2.94 bits per heavy atom. The minimum absolute atomic E-state index is 0.0717. The van der Waals surface area contributed by atoms with E-state index in [-0.39, 0.29) is 18.4 Å². The number of esters is 1. The van der Waals surface area contributed by atoms with Gasteiger partial charge in [-0.1, -0.05) is 0 Å². The van der Waals surface area contributed by atoms with Gasteiger partial charge in [0.05, 0.1) is 19.1 Å². The molecule has 17 heavy (non-hydrogen) atoms. The van der Waals surface area contributed by atoms with Crippen LogP contribution in [-0.2, 0) is 9.53 Å². The van der Waals surface area contributed by atoms with E-state index in [0.717, 1.165) is 5.69 Å². The summed E-state index contributed by atoms with van der Waals surface area (Å²) < 4.78 is 4.57. The molecule has 0 amide bonds. The van der Waals surface area contributed by atoms with Gasteiger partial charge in [-0.25, -0.2) is 0 Å². The van der Waals surface area contributed by atoms with E-state index in [4.69, 9.17) is 11.0 Å². The minimum atomic E-state index is -0.277. The fourth-order valence-corrected chi connectivity index (χ4v) is 1.41. The maximum Gasteiger partial charge on any atom is 0.307 e. The van der Waals surface area contributed by atoms with Crippen LogP contribution in [0.1, 0.15) is 18.9 Å². The standard InChI is InChI=1S/C12H15N3O2/c1-8(5-12(16)17-2)15-10-3-4-11(14)9(6-10)7-13/h3-4,6,8,15H,5,14H2,1-2H3. The van der Waals surface area contributed by atoms with Crippen LogP contribution in [0.5, 0.6) is 0 Å². The zero-order valence-corrected chi connectivity index (χ0v) is 9.86. The number of carbonyl (C=O) groups is 1. The number of methoxy groups -OCH3 is 1. The van der Waals surface area contributed by atoms with Gasteiger partial charge in [-0.2, -0.15) is 5.26 Å². The van der Waals surface area contributed by atoms with Gasteiger partial charge >= 0.3 is 5.97 Å². The summed E-state index contributed by atoms with van der Waals surface area (Å²) in [7, 11) is 1.35. The van der Waals surface area contributed by atoms with E-state index in [2.05, 4.69) is 10.1 Å². The Morgan fingerprint density at radius 2 is 2.35 bits per heavy atom. The first-order valence-electron chi connectivity index (χ1n) is 5.19. The van der Waals surface area contributed by atoms with E-state index in [1.165, 1.54) is 7.11 Å². The zero-order chi connectivity index (χ0) is 12.8. The van der Waals surface area contributed by atoms with Gasteiger partial charge in [0, 0.05) is 17.4 Å². The molecule has 0 spiro atoms. The van der Waals surface area contributed by atoms with Crippen LogP contribution in [-0.4, -0.2) is 19.1 Å². The summed E-state index contributed by atoms with van der Waals surface area (Å²) in [4.78, 5) is 11.1. The van der Waals surface area contributed by atoms with E-state index in [1.54, 1.807) is 18.2 Å². The number of nitrogens with one attached hydrogen (secondary N) is 1. The molecular formula is C12H15N3O2. The van der Waals surface area contributed by atoms with E-state index < -0.39 is 0 Å². The van der Waals surface area contributed by atoms with Gasteiger partial charge in [0.15, 0.2) is 0 Å². The second-order valence-electron chi connectivity index (χ2n) is 3.74. The van der Waals surface area contributed by atoms with Gasteiger partial charge < -0.3 is 15.8 Å². The number of nitriles is 1. The van der Waals surface area contributed by atoms with Gasteiger partial charge in [0.25, 0.3) is 0 Å². The molecule has 0 aliphatic heterocycles. The quantitative estimate of drug-likeness (QED) is 0.607. The van der Waals surface area contributed by atoms with Crippen molar-refractivity contribution >= 4 is 17.3 Å². The van der Waals surface area contributed by atoms with Crippen molar-refractivity contribution in [2.75, 3.05) is 18.2 Å². The highest BCUT2D eigenvalue weighted by Crippen LogP contribution is 2.18. The van der Waals surface area contributed by atoms with Crippen LogP contribution < -0.4 is 11.1 Å². The highest BCUT2D eigenvalue weighted by atomic mass is 16.5. The number of hydrogen-bond donors (Lipinski definition) is 2. The normalized spacial score (nSPS) is 11.4. The van der Waals surface area contributed by atoms with Crippen molar-refractivity contribution in [3.63, 3.8) is 0 Å². The fourth-order valence-electron chi connectivity index (χ4n) is 1.41. The van der Waals surface area contributed by atoms with Crippen LogP contribution in [0.3, 0.4) is 0 Å². The lowest BCUT2D eigenvalue weighted by molar-refractivity contribution is -0.140. The topological polar surface area (TPSA) is 88.1 Å². The van der Waals surface area contributed by atoms with Gasteiger partial charge in [0.1, 0.15) is 6.07 Å². The van der Waals surface area contributed by atoms with E-state index in [1.807, 2.05) is 13.0 Å². The summed E-state index contributed by atoms with van der Waals surface area (Å²) in [5, 5.41) is 11.9. The largest absolute Gasteiger partial charge is 0.469 e. The van der Waals surface area contributed by atoms with Crippen LogP contribution in [0.2, 0.25) is 0 Å². The Labute approximate surface area is 100 Å². The first-order valence-corrected chi connectivity index (χ1v) is 5.19. The molecule has 0 aromatic heterocycles. The molecule has 5 nitrogen and oxygen atoms in total. The predicted molar refractivity (Wildman–Crippen MR) is 65.3 cm³/mol. The molecule has 1 aromatic carbocycles. The first-order chi connectivity index (χ1) is 8.06. The molecule has 1 aromatic rings. The van der Waals surface area contributed by atoms with E-state index in [0.29, 0.717) is 11.3 Å². The van der Waals surface area contributed by atoms with Crippen molar-refractivity contribution < 1.29 is 9.53 Å². The SMILES string of the molecule is COC(=O)CC(C)Nc1ccc(N)c(C#N)c1. The van der Waals surface area contributed by atoms with Crippen LogP contribution in [0, 0.1) is 11.3 Å². The summed E-state index contributed by atoms with van der Waals surface area (Å²) in [6.07, 6.45) is 0.267. The number of nitrogen functional groups attached to an aromatic ring is 1. The van der Waals surface area contributed by atoms with Crippen molar-refractivity contribution in [3.8, 4) is 6.07 Å². The second kappa shape index (κ2) is 5.75.